The Morgan fingerprint density at radius 2 is 1.86 bits per heavy atom. The fourth-order valence-corrected chi connectivity index (χ4v) is 3.18. The maximum absolute atomic E-state index is 6.08. The minimum Gasteiger partial charge on any atom is -0.465 e. The van der Waals surface area contributed by atoms with Gasteiger partial charge < -0.3 is 19.2 Å². The van der Waals surface area contributed by atoms with Crippen LogP contribution in [0, 0.1) is 0 Å². The summed E-state index contributed by atoms with van der Waals surface area (Å²) in [6.45, 7) is 0. The maximum Gasteiger partial charge on any atom is 0.300 e. The number of rotatable bonds is 4. The third-order valence-electron chi connectivity index (χ3n) is 4.60. The number of para-hydroxylation sites is 1. The first-order valence-corrected chi connectivity index (χ1v) is 9.18. The highest BCUT2D eigenvalue weighted by Crippen LogP contribution is 2.32. The Balaban J connectivity index is 1.38. The number of nitrogens with one attached hydrogen (secondary N) is 1. The number of aromatic nitrogens is 1. The number of hydrogen-bond donors (Lipinski definition) is 1. The number of oxazole rings is 1. The highest BCUT2D eigenvalue weighted by Gasteiger charge is 2.17. The van der Waals surface area contributed by atoms with Crippen LogP contribution in [0.5, 0.6) is 0 Å². The second kappa shape index (κ2) is 7.12. The van der Waals surface area contributed by atoms with Gasteiger partial charge in [0.1, 0.15) is 18.0 Å². The molecule has 3 aromatic rings. The zero-order valence-corrected chi connectivity index (χ0v) is 15.1. The van der Waals surface area contributed by atoms with Crippen LogP contribution in [-0.4, -0.2) is 4.98 Å². The Kier molecular flexibility index (Phi) is 4.18. The SMILES string of the molecule is C1=CCCC(C2=COC=C(c3ccc4oc(Nc5ccccc5)nc4c3)O2)=C1. The van der Waals surface area contributed by atoms with Crippen molar-refractivity contribution < 1.29 is 13.9 Å². The van der Waals surface area contributed by atoms with Crippen LogP contribution >= 0.6 is 0 Å². The molecule has 2 aromatic carbocycles. The lowest BCUT2D eigenvalue weighted by atomic mass is 10.0. The Morgan fingerprint density at radius 1 is 0.964 bits per heavy atom. The van der Waals surface area contributed by atoms with Crippen LogP contribution < -0.4 is 5.32 Å². The standard InChI is InChI=1S/C23H18N2O3/c1-3-7-16(8-4-1)21-14-26-15-22(27-21)17-11-12-20-19(13-17)25-23(28-20)24-18-9-5-2-6-10-18/h1-3,5-7,9-15H,4,8H2,(H,24,25). The molecule has 1 aliphatic carbocycles. The number of fused-ring (bicyclic) bond motifs is 1. The highest BCUT2D eigenvalue weighted by molar-refractivity contribution is 5.80. The predicted molar refractivity (Wildman–Crippen MR) is 108 cm³/mol. The number of allylic oxidation sites excluding steroid dienone is 4. The number of hydrogen-bond acceptors (Lipinski definition) is 5. The summed E-state index contributed by atoms with van der Waals surface area (Å²) >= 11 is 0. The van der Waals surface area contributed by atoms with Crippen molar-refractivity contribution in [1.29, 1.82) is 0 Å². The van der Waals surface area contributed by atoms with Crippen LogP contribution in [0.15, 0.2) is 95.0 Å². The molecule has 5 heteroatoms. The van der Waals surface area contributed by atoms with E-state index in [1.807, 2.05) is 54.6 Å². The first kappa shape index (κ1) is 16.4. The minimum atomic E-state index is 0.452. The van der Waals surface area contributed by atoms with E-state index in [9.17, 15) is 0 Å². The summed E-state index contributed by atoms with van der Waals surface area (Å²) in [6.07, 6.45) is 11.4. The van der Waals surface area contributed by atoms with E-state index in [1.165, 1.54) is 0 Å². The molecule has 0 saturated heterocycles. The molecular formula is C23H18N2O3. The van der Waals surface area contributed by atoms with Gasteiger partial charge in [-0.2, -0.15) is 4.98 Å². The summed E-state index contributed by atoms with van der Waals surface area (Å²) < 4.78 is 17.4. The molecule has 2 heterocycles. The van der Waals surface area contributed by atoms with Crippen molar-refractivity contribution in [3.05, 3.63) is 96.2 Å². The van der Waals surface area contributed by atoms with E-state index >= 15 is 0 Å². The fourth-order valence-electron chi connectivity index (χ4n) is 3.18. The van der Waals surface area contributed by atoms with Gasteiger partial charge in [-0.15, -0.1) is 0 Å². The van der Waals surface area contributed by atoms with Gasteiger partial charge in [-0.25, -0.2) is 0 Å². The number of benzene rings is 2. The Labute approximate surface area is 162 Å². The normalized spacial score (nSPS) is 15.9. The highest BCUT2D eigenvalue weighted by atomic mass is 16.5. The molecule has 0 bridgehead atoms. The van der Waals surface area contributed by atoms with Crippen LogP contribution in [-0.2, 0) is 9.47 Å². The topological polar surface area (TPSA) is 56.5 Å². The molecule has 5 nitrogen and oxygen atoms in total. The van der Waals surface area contributed by atoms with Crippen LogP contribution in [0.2, 0.25) is 0 Å². The van der Waals surface area contributed by atoms with E-state index in [1.54, 1.807) is 12.5 Å². The van der Waals surface area contributed by atoms with E-state index in [0.29, 0.717) is 17.4 Å². The molecule has 0 amide bonds. The molecular weight excluding hydrogens is 352 g/mol. The summed E-state index contributed by atoms with van der Waals surface area (Å²) in [5.74, 6) is 1.39. The van der Waals surface area contributed by atoms with Crippen molar-refractivity contribution in [2.24, 2.45) is 0 Å². The Hall–Kier alpha value is -3.73. The van der Waals surface area contributed by atoms with Crippen molar-refractivity contribution in [2.75, 3.05) is 5.32 Å². The van der Waals surface area contributed by atoms with Crippen molar-refractivity contribution >= 4 is 28.6 Å². The van der Waals surface area contributed by atoms with E-state index in [-0.39, 0.29) is 0 Å². The summed E-state index contributed by atoms with van der Waals surface area (Å²) in [5.41, 5.74) is 4.38. The number of ether oxygens (including phenoxy) is 2. The molecule has 1 aliphatic heterocycles. The van der Waals surface area contributed by atoms with Crippen molar-refractivity contribution in [2.45, 2.75) is 12.8 Å². The van der Waals surface area contributed by atoms with Crippen LogP contribution in [0.4, 0.5) is 11.7 Å². The molecule has 138 valence electrons. The Bertz CT molecular complexity index is 1140. The largest absolute Gasteiger partial charge is 0.465 e. The molecule has 0 saturated carbocycles. The van der Waals surface area contributed by atoms with Crippen molar-refractivity contribution in [1.82, 2.24) is 4.98 Å². The second-order valence-electron chi connectivity index (χ2n) is 6.55. The van der Waals surface area contributed by atoms with Gasteiger partial charge in [0.2, 0.25) is 0 Å². The smallest absolute Gasteiger partial charge is 0.300 e. The molecule has 28 heavy (non-hydrogen) atoms. The molecule has 0 radical (unpaired) electrons. The number of anilines is 2. The van der Waals surface area contributed by atoms with Gasteiger partial charge in [0, 0.05) is 11.3 Å². The molecule has 1 aromatic heterocycles. The average molecular weight is 370 g/mol. The summed E-state index contributed by atoms with van der Waals surface area (Å²) in [5, 5.41) is 3.17. The van der Waals surface area contributed by atoms with Gasteiger partial charge in [0.25, 0.3) is 6.01 Å². The van der Waals surface area contributed by atoms with Crippen molar-refractivity contribution in [3.8, 4) is 0 Å². The van der Waals surface area contributed by atoms with E-state index < -0.39 is 0 Å². The van der Waals surface area contributed by atoms with Crippen LogP contribution in [0.25, 0.3) is 16.9 Å². The third kappa shape index (κ3) is 3.30. The predicted octanol–water partition coefficient (Wildman–Crippen LogP) is 6.03. The number of nitrogens with zero attached hydrogens (tertiary/aromatic N) is 1. The molecule has 0 unspecified atom stereocenters. The maximum atomic E-state index is 6.08. The van der Waals surface area contributed by atoms with E-state index in [4.69, 9.17) is 13.9 Å². The van der Waals surface area contributed by atoms with Gasteiger partial charge in [0.15, 0.2) is 17.1 Å². The first-order chi connectivity index (χ1) is 13.8. The Morgan fingerprint density at radius 3 is 2.71 bits per heavy atom. The third-order valence-corrected chi connectivity index (χ3v) is 4.60. The lowest BCUT2D eigenvalue weighted by Gasteiger charge is -2.19. The summed E-state index contributed by atoms with van der Waals surface area (Å²) in [7, 11) is 0. The van der Waals surface area contributed by atoms with E-state index in [2.05, 4.69) is 22.5 Å². The molecule has 1 N–H and O–H groups in total. The zero-order valence-electron chi connectivity index (χ0n) is 15.1. The summed E-state index contributed by atoms with van der Waals surface area (Å²) in [6, 6.07) is 16.0. The fraction of sp³-hybridized carbons (Fsp3) is 0.0870. The van der Waals surface area contributed by atoms with Gasteiger partial charge in [-0.3, -0.25) is 0 Å². The van der Waals surface area contributed by atoms with E-state index in [0.717, 1.165) is 40.9 Å². The molecule has 5 rings (SSSR count). The lowest BCUT2D eigenvalue weighted by Crippen LogP contribution is -2.03. The second-order valence-corrected chi connectivity index (χ2v) is 6.55. The van der Waals surface area contributed by atoms with Gasteiger partial charge in [0.05, 0.1) is 0 Å². The van der Waals surface area contributed by atoms with Crippen molar-refractivity contribution in [3.63, 3.8) is 0 Å². The molecule has 0 spiro atoms. The molecule has 2 aliphatic rings. The average Bonchev–Trinajstić information content (AvgIpc) is 3.16. The molecule has 0 atom stereocenters. The van der Waals surface area contributed by atoms with Gasteiger partial charge in [-0.05, 0) is 48.7 Å². The lowest BCUT2D eigenvalue weighted by molar-refractivity contribution is 0.285. The zero-order chi connectivity index (χ0) is 18.8. The minimum absolute atomic E-state index is 0.452. The molecule has 0 fully saturated rings. The first-order valence-electron chi connectivity index (χ1n) is 9.18. The van der Waals surface area contributed by atoms with Gasteiger partial charge >= 0.3 is 0 Å². The van der Waals surface area contributed by atoms with Crippen LogP contribution in [0.1, 0.15) is 18.4 Å². The van der Waals surface area contributed by atoms with Gasteiger partial charge in [-0.1, -0.05) is 36.4 Å². The monoisotopic (exact) mass is 370 g/mol. The quantitative estimate of drug-likeness (QED) is 0.607. The van der Waals surface area contributed by atoms with Crippen LogP contribution in [0.3, 0.4) is 0 Å². The summed E-state index contributed by atoms with van der Waals surface area (Å²) in [4.78, 5) is 4.54.